The molecule has 156 valence electrons. The number of carbonyl (C=O) groups is 2. The zero-order valence-corrected chi connectivity index (χ0v) is 18.0. The molecule has 1 aliphatic heterocycles. The summed E-state index contributed by atoms with van der Waals surface area (Å²) in [6.07, 6.45) is 6.81. The molecule has 0 radical (unpaired) electrons. The predicted octanol–water partition coefficient (Wildman–Crippen LogP) is 4.54. The molecule has 2 rings (SSSR count). The van der Waals surface area contributed by atoms with Gasteiger partial charge in [-0.3, -0.25) is 14.5 Å². The van der Waals surface area contributed by atoms with Crippen molar-refractivity contribution in [1.82, 2.24) is 4.90 Å². The Morgan fingerprint density at radius 1 is 0.964 bits per heavy atom. The van der Waals surface area contributed by atoms with Gasteiger partial charge in [-0.15, -0.1) is 0 Å². The largest absolute Gasteiger partial charge is 0.459 e. The molecule has 0 bridgehead atoms. The lowest BCUT2D eigenvalue weighted by Crippen LogP contribution is -2.36. The summed E-state index contributed by atoms with van der Waals surface area (Å²) in [5, 5.41) is 0. The molecular weight excluding hydrogens is 352 g/mol. The van der Waals surface area contributed by atoms with Gasteiger partial charge >= 0.3 is 5.97 Å². The number of amides is 1. The molecule has 1 aromatic carbocycles. The van der Waals surface area contributed by atoms with Crippen molar-refractivity contribution in [2.45, 2.75) is 78.4 Å². The van der Waals surface area contributed by atoms with E-state index in [9.17, 15) is 9.59 Å². The molecule has 1 heterocycles. The number of para-hydroxylation sites is 1. The Bertz CT molecular complexity index is 651. The first-order valence-corrected chi connectivity index (χ1v) is 10.6. The van der Waals surface area contributed by atoms with Gasteiger partial charge in [-0.25, -0.2) is 0 Å². The maximum atomic E-state index is 12.4. The average molecular weight is 389 g/mol. The molecule has 1 amide bonds. The summed E-state index contributed by atoms with van der Waals surface area (Å²) in [6, 6.07) is 8.06. The van der Waals surface area contributed by atoms with E-state index in [2.05, 4.69) is 11.0 Å². The predicted molar refractivity (Wildman–Crippen MR) is 113 cm³/mol. The third kappa shape index (κ3) is 7.63. The monoisotopic (exact) mass is 388 g/mol. The Hall–Kier alpha value is -1.88. The van der Waals surface area contributed by atoms with Crippen LogP contribution < -0.4 is 4.90 Å². The van der Waals surface area contributed by atoms with Crippen LogP contribution in [0.2, 0.25) is 0 Å². The van der Waals surface area contributed by atoms with Crippen LogP contribution in [0.25, 0.3) is 0 Å². The van der Waals surface area contributed by atoms with Crippen molar-refractivity contribution in [3.63, 3.8) is 0 Å². The van der Waals surface area contributed by atoms with Crippen LogP contribution in [0.15, 0.2) is 24.3 Å². The zero-order chi connectivity index (χ0) is 20.6. The van der Waals surface area contributed by atoms with E-state index in [4.69, 9.17) is 4.74 Å². The molecule has 0 saturated heterocycles. The second kappa shape index (κ2) is 10.6. The van der Waals surface area contributed by atoms with Crippen LogP contribution in [0.1, 0.15) is 71.8 Å². The lowest BCUT2D eigenvalue weighted by molar-refractivity contribution is -0.156. The number of hydrogen-bond donors (Lipinski definition) is 0. The van der Waals surface area contributed by atoms with Crippen LogP contribution in [0.3, 0.4) is 0 Å². The van der Waals surface area contributed by atoms with Gasteiger partial charge in [0.05, 0.1) is 6.54 Å². The highest BCUT2D eigenvalue weighted by molar-refractivity contribution is 5.92. The number of esters is 1. The van der Waals surface area contributed by atoms with Gasteiger partial charge in [-0.2, -0.15) is 0 Å². The first kappa shape index (κ1) is 22.4. The van der Waals surface area contributed by atoms with Crippen LogP contribution in [-0.4, -0.2) is 42.0 Å². The Labute approximate surface area is 170 Å². The lowest BCUT2D eigenvalue weighted by Gasteiger charge is -2.28. The second-order valence-corrected chi connectivity index (χ2v) is 8.72. The molecule has 0 fully saturated rings. The summed E-state index contributed by atoms with van der Waals surface area (Å²) < 4.78 is 5.54. The number of nitrogens with zero attached hydrogens (tertiary/aromatic N) is 2. The number of benzene rings is 1. The molecule has 0 aliphatic carbocycles. The summed E-state index contributed by atoms with van der Waals surface area (Å²) in [4.78, 5) is 28.8. The first-order valence-electron chi connectivity index (χ1n) is 10.6. The third-order valence-electron chi connectivity index (χ3n) is 4.94. The number of ether oxygens (including phenoxy) is 1. The number of anilines is 1. The SMILES string of the molecule is CC(=O)N1CCCCCCCCN(CC(=O)OC(C)(C)C)Cc2ccccc21. The summed E-state index contributed by atoms with van der Waals surface area (Å²) in [5.41, 5.74) is 1.56. The van der Waals surface area contributed by atoms with E-state index >= 15 is 0 Å². The van der Waals surface area contributed by atoms with E-state index in [1.165, 1.54) is 19.3 Å². The van der Waals surface area contributed by atoms with Crippen LogP contribution >= 0.6 is 0 Å². The quantitative estimate of drug-likeness (QED) is 0.698. The van der Waals surface area contributed by atoms with E-state index in [1.807, 2.05) is 43.9 Å². The van der Waals surface area contributed by atoms with Gasteiger partial charge in [0.2, 0.25) is 5.91 Å². The summed E-state index contributed by atoms with van der Waals surface area (Å²) >= 11 is 0. The van der Waals surface area contributed by atoms with Crippen molar-refractivity contribution < 1.29 is 14.3 Å². The number of hydrogen-bond acceptors (Lipinski definition) is 4. The molecule has 0 saturated carbocycles. The summed E-state index contributed by atoms with van der Waals surface area (Å²) in [6.45, 7) is 9.82. The molecule has 28 heavy (non-hydrogen) atoms. The van der Waals surface area contributed by atoms with Crippen molar-refractivity contribution >= 4 is 17.6 Å². The molecule has 1 aromatic rings. The minimum Gasteiger partial charge on any atom is -0.459 e. The molecular formula is C23H36N2O3. The standard InChI is InChI=1S/C23H36N2O3/c1-19(26)25-16-12-8-6-5-7-11-15-24(18-22(27)28-23(2,3)4)17-20-13-9-10-14-21(20)25/h9-10,13-14H,5-8,11-12,15-18H2,1-4H3. The average Bonchev–Trinajstić information content (AvgIpc) is 2.60. The summed E-state index contributed by atoms with van der Waals surface area (Å²) in [5.74, 6) is -0.126. The van der Waals surface area contributed by atoms with Gasteiger partial charge in [0, 0.05) is 25.7 Å². The van der Waals surface area contributed by atoms with E-state index < -0.39 is 5.60 Å². The minimum absolute atomic E-state index is 0.0704. The molecule has 5 heteroatoms. The Morgan fingerprint density at radius 3 is 2.21 bits per heavy atom. The van der Waals surface area contributed by atoms with Crippen LogP contribution in [0.5, 0.6) is 0 Å². The van der Waals surface area contributed by atoms with Gasteiger partial charge < -0.3 is 9.64 Å². The highest BCUT2D eigenvalue weighted by Crippen LogP contribution is 2.24. The molecule has 5 nitrogen and oxygen atoms in total. The van der Waals surface area contributed by atoms with Crippen LogP contribution in [0, 0.1) is 0 Å². The second-order valence-electron chi connectivity index (χ2n) is 8.72. The van der Waals surface area contributed by atoms with E-state index in [1.54, 1.807) is 6.92 Å². The fourth-order valence-electron chi connectivity index (χ4n) is 3.68. The summed E-state index contributed by atoms with van der Waals surface area (Å²) in [7, 11) is 0. The van der Waals surface area contributed by atoms with Crippen molar-refractivity contribution in [2.75, 3.05) is 24.5 Å². The van der Waals surface area contributed by atoms with Gasteiger partial charge in [0.15, 0.2) is 0 Å². The number of carbonyl (C=O) groups excluding carboxylic acids is 2. The Balaban J connectivity index is 2.23. The first-order chi connectivity index (χ1) is 13.3. The smallest absolute Gasteiger partial charge is 0.320 e. The highest BCUT2D eigenvalue weighted by Gasteiger charge is 2.21. The van der Waals surface area contributed by atoms with Crippen molar-refractivity contribution in [2.24, 2.45) is 0 Å². The van der Waals surface area contributed by atoms with Gasteiger partial charge in [0.1, 0.15) is 5.60 Å². The molecule has 0 aromatic heterocycles. The molecule has 0 N–H and O–H groups in total. The van der Waals surface area contributed by atoms with Crippen LogP contribution in [0.4, 0.5) is 5.69 Å². The minimum atomic E-state index is -0.481. The highest BCUT2D eigenvalue weighted by atomic mass is 16.6. The molecule has 0 unspecified atom stereocenters. The van der Waals surface area contributed by atoms with E-state index in [0.29, 0.717) is 6.54 Å². The maximum absolute atomic E-state index is 12.4. The Morgan fingerprint density at radius 2 is 1.57 bits per heavy atom. The molecule has 0 spiro atoms. The maximum Gasteiger partial charge on any atom is 0.320 e. The normalized spacial score (nSPS) is 17.6. The van der Waals surface area contributed by atoms with Crippen molar-refractivity contribution in [3.05, 3.63) is 29.8 Å². The third-order valence-corrected chi connectivity index (χ3v) is 4.94. The number of fused-ring (bicyclic) bond motifs is 1. The van der Waals surface area contributed by atoms with Crippen LogP contribution in [-0.2, 0) is 20.9 Å². The van der Waals surface area contributed by atoms with Gasteiger partial charge in [-0.1, -0.05) is 43.9 Å². The topological polar surface area (TPSA) is 49.9 Å². The van der Waals surface area contributed by atoms with E-state index in [0.717, 1.165) is 43.6 Å². The fraction of sp³-hybridized carbons (Fsp3) is 0.652. The van der Waals surface area contributed by atoms with Crippen molar-refractivity contribution in [3.8, 4) is 0 Å². The zero-order valence-electron chi connectivity index (χ0n) is 18.0. The fourth-order valence-corrected chi connectivity index (χ4v) is 3.68. The van der Waals surface area contributed by atoms with Gasteiger partial charge in [0.25, 0.3) is 0 Å². The lowest BCUT2D eigenvalue weighted by atomic mass is 10.1. The Kier molecular flexibility index (Phi) is 8.49. The molecule has 1 aliphatic rings. The van der Waals surface area contributed by atoms with Crippen molar-refractivity contribution in [1.29, 1.82) is 0 Å². The molecule has 0 atom stereocenters. The van der Waals surface area contributed by atoms with Gasteiger partial charge in [-0.05, 0) is 51.8 Å². The van der Waals surface area contributed by atoms with E-state index in [-0.39, 0.29) is 18.4 Å². The number of rotatable bonds is 2.